The molecular weight excluding hydrogens is 302 g/mol. The third-order valence-corrected chi connectivity index (χ3v) is 4.00. The first-order valence-electron chi connectivity index (χ1n) is 7.74. The van der Waals surface area contributed by atoms with E-state index in [0.717, 1.165) is 11.4 Å². The molecule has 0 bridgehead atoms. The molecule has 2 aromatic heterocycles. The molecule has 6 nitrogen and oxygen atoms in total. The normalized spacial score (nSPS) is 10.6. The van der Waals surface area contributed by atoms with E-state index in [-0.39, 0.29) is 5.91 Å². The lowest BCUT2D eigenvalue weighted by Crippen LogP contribution is -2.24. The fourth-order valence-electron chi connectivity index (χ4n) is 2.40. The monoisotopic (exact) mass is 321 g/mol. The van der Waals surface area contributed by atoms with Crippen molar-refractivity contribution in [2.45, 2.75) is 27.3 Å². The molecule has 0 aliphatic rings. The Hall–Kier alpha value is -3.02. The number of nitrogens with zero attached hydrogens (tertiary/aromatic N) is 4. The zero-order valence-electron chi connectivity index (χ0n) is 13.9. The van der Waals surface area contributed by atoms with Crippen LogP contribution in [-0.2, 0) is 6.54 Å². The number of pyridine rings is 1. The predicted octanol–water partition coefficient (Wildman–Crippen LogP) is 2.52. The lowest BCUT2D eigenvalue weighted by Gasteiger charge is -2.07. The molecule has 1 aromatic carbocycles. The number of aromatic nitrogens is 4. The van der Waals surface area contributed by atoms with Crippen LogP contribution in [-0.4, -0.2) is 25.9 Å². The number of rotatable bonds is 4. The van der Waals surface area contributed by atoms with Crippen LogP contribution in [0.1, 0.15) is 33.0 Å². The number of hydrogen-bond acceptors (Lipinski definition) is 4. The van der Waals surface area contributed by atoms with E-state index in [1.165, 1.54) is 11.1 Å². The second-order valence-electron chi connectivity index (χ2n) is 5.71. The maximum Gasteiger partial charge on any atom is 0.274 e. The van der Waals surface area contributed by atoms with Gasteiger partial charge in [0.2, 0.25) is 0 Å². The van der Waals surface area contributed by atoms with Crippen molar-refractivity contribution in [2.75, 3.05) is 0 Å². The van der Waals surface area contributed by atoms with Crippen molar-refractivity contribution in [1.82, 2.24) is 25.3 Å². The van der Waals surface area contributed by atoms with E-state index in [9.17, 15) is 4.79 Å². The summed E-state index contributed by atoms with van der Waals surface area (Å²) in [5, 5.41) is 11.0. The van der Waals surface area contributed by atoms with Crippen LogP contribution in [0.25, 0.3) is 5.69 Å². The van der Waals surface area contributed by atoms with Crippen molar-refractivity contribution in [1.29, 1.82) is 0 Å². The molecule has 122 valence electrons. The maximum absolute atomic E-state index is 12.3. The Morgan fingerprint density at radius 3 is 2.67 bits per heavy atom. The number of hydrogen-bond donors (Lipinski definition) is 1. The number of carbonyl (C=O) groups is 1. The molecule has 3 aromatic rings. The van der Waals surface area contributed by atoms with E-state index in [1.54, 1.807) is 10.9 Å². The number of carbonyl (C=O) groups excluding carboxylic acids is 1. The minimum Gasteiger partial charge on any atom is -0.345 e. The first kappa shape index (κ1) is 15.9. The summed E-state index contributed by atoms with van der Waals surface area (Å²) in [6.07, 6.45) is 1.70. The Balaban J connectivity index is 1.79. The Kier molecular flexibility index (Phi) is 4.37. The molecule has 0 saturated heterocycles. The van der Waals surface area contributed by atoms with Gasteiger partial charge in [0.1, 0.15) is 0 Å². The van der Waals surface area contributed by atoms with Crippen LogP contribution >= 0.6 is 0 Å². The van der Waals surface area contributed by atoms with Crippen LogP contribution in [0.2, 0.25) is 0 Å². The standard InChI is InChI=1S/C18H19N5O/c1-12-7-8-16(10-13(12)2)23-14(3)17(21-22-23)18(24)20-11-15-6-4-5-9-19-15/h4-10H,11H2,1-3H3,(H,20,24). The van der Waals surface area contributed by atoms with Gasteiger partial charge in [0.25, 0.3) is 5.91 Å². The molecule has 3 rings (SSSR count). The van der Waals surface area contributed by atoms with Crippen LogP contribution < -0.4 is 5.32 Å². The van der Waals surface area contributed by atoms with Crippen LogP contribution in [0, 0.1) is 20.8 Å². The number of nitrogens with one attached hydrogen (secondary N) is 1. The molecule has 6 heteroatoms. The van der Waals surface area contributed by atoms with Gasteiger partial charge in [0.05, 0.1) is 23.6 Å². The third-order valence-electron chi connectivity index (χ3n) is 4.00. The largest absolute Gasteiger partial charge is 0.345 e. The van der Waals surface area contributed by atoms with Gasteiger partial charge in [-0.05, 0) is 56.2 Å². The van der Waals surface area contributed by atoms with Gasteiger partial charge in [0, 0.05) is 6.20 Å². The molecule has 0 unspecified atom stereocenters. The van der Waals surface area contributed by atoms with Gasteiger partial charge in [-0.3, -0.25) is 9.78 Å². The molecule has 0 aliphatic heterocycles. The topological polar surface area (TPSA) is 72.7 Å². The summed E-state index contributed by atoms with van der Waals surface area (Å²) < 4.78 is 1.68. The molecule has 2 heterocycles. The number of aryl methyl sites for hydroxylation is 2. The van der Waals surface area contributed by atoms with Gasteiger partial charge in [0.15, 0.2) is 5.69 Å². The van der Waals surface area contributed by atoms with E-state index in [2.05, 4.69) is 27.5 Å². The molecular formula is C18H19N5O. The average molecular weight is 321 g/mol. The molecule has 0 radical (unpaired) electrons. The molecule has 1 amide bonds. The van der Waals surface area contributed by atoms with Gasteiger partial charge < -0.3 is 5.32 Å². The molecule has 0 aliphatic carbocycles. The summed E-state index contributed by atoms with van der Waals surface area (Å²) in [5.74, 6) is -0.256. The summed E-state index contributed by atoms with van der Waals surface area (Å²) in [6, 6.07) is 11.6. The highest BCUT2D eigenvalue weighted by atomic mass is 16.2. The minimum absolute atomic E-state index is 0.256. The average Bonchev–Trinajstić information content (AvgIpc) is 2.98. The Morgan fingerprint density at radius 1 is 1.12 bits per heavy atom. The van der Waals surface area contributed by atoms with E-state index >= 15 is 0 Å². The molecule has 24 heavy (non-hydrogen) atoms. The van der Waals surface area contributed by atoms with Crippen LogP contribution in [0.4, 0.5) is 0 Å². The highest BCUT2D eigenvalue weighted by Gasteiger charge is 2.17. The second kappa shape index (κ2) is 6.62. The lowest BCUT2D eigenvalue weighted by molar-refractivity contribution is 0.0944. The SMILES string of the molecule is Cc1ccc(-n2nnc(C(=O)NCc3ccccn3)c2C)cc1C. The molecule has 0 spiro atoms. The maximum atomic E-state index is 12.3. The van der Waals surface area contributed by atoms with E-state index < -0.39 is 0 Å². The minimum atomic E-state index is -0.256. The highest BCUT2D eigenvalue weighted by molar-refractivity contribution is 5.93. The van der Waals surface area contributed by atoms with Crippen molar-refractivity contribution in [3.63, 3.8) is 0 Å². The predicted molar refractivity (Wildman–Crippen MR) is 91.0 cm³/mol. The molecule has 0 fully saturated rings. The van der Waals surface area contributed by atoms with Crippen molar-refractivity contribution in [3.05, 3.63) is 70.8 Å². The Bertz CT molecular complexity index is 870. The van der Waals surface area contributed by atoms with Crippen LogP contribution in [0.5, 0.6) is 0 Å². The van der Waals surface area contributed by atoms with Crippen molar-refractivity contribution in [3.8, 4) is 5.69 Å². The van der Waals surface area contributed by atoms with Crippen LogP contribution in [0.3, 0.4) is 0 Å². The van der Waals surface area contributed by atoms with Gasteiger partial charge >= 0.3 is 0 Å². The summed E-state index contributed by atoms with van der Waals surface area (Å²) in [7, 11) is 0. The zero-order chi connectivity index (χ0) is 17.1. The molecule has 1 N–H and O–H groups in total. The number of amides is 1. The van der Waals surface area contributed by atoms with E-state index in [0.29, 0.717) is 17.9 Å². The van der Waals surface area contributed by atoms with E-state index in [1.807, 2.05) is 50.2 Å². The van der Waals surface area contributed by atoms with Gasteiger partial charge in [-0.1, -0.05) is 17.3 Å². The quantitative estimate of drug-likeness (QED) is 0.801. The first-order chi connectivity index (χ1) is 11.6. The highest BCUT2D eigenvalue weighted by Crippen LogP contribution is 2.16. The van der Waals surface area contributed by atoms with Crippen molar-refractivity contribution < 1.29 is 4.79 Å². The van der Waals surface area contributed by atoms with Crippen molar-refractivity contribution in [2.24, 2.45) is 0 Å². The lowest BCUT2D eigenvalue weighted by atomic mass is 10.1. The van der Waals surface area contributed by atoms with Crippen molar-refractivity contribution >= 4 is 5.91 Å². The number of benzene rings is 1. The van der Waals surface area contributed by atoms with Gasteiger partial charge in [-0.15, -0.1) is 5.10 Å². The third kappa shape index (κ3) is 3.17. The van der Waals surface area contributed by atoms with Crippen LogP contribution in [0.15, 0.2) is 42.6 Å². The summed E-state index contributed by atoms with van der Waals surface area (Å²) >= 11 is 0. The smallest absolute Gasteiger partial charge is 0.274 e. The first-order valence-corrected chi connectivity index (χ1v) is 7.74. The zero-order valence-corrected chi connectivity index (χ0v) is 13.9. The Labute approximate surface area is 140 Å². The Morgan fingerprint density at radius 2 is 1.96 bits per heavy atom. The molecule has 0 saturated carbocycles. The summed E-state index contributed by atoms with van der Waals surface area (Å²) in [4.78, 5) is 16.5. The fourth-order valence-corrected chi connectivity index (χ4v) is 2.40. The summed E-state index contributed by atoms with van der Waals surface area (Å²) in [6.45, 7) is 6.30. The second-order valence-corrected chi connectivity index (χ2v) is 5.71. The van der Waals surface area contributed by atoms with E-state index in [4.69, 9.17) is 0 Å². The summed E-state index contributed by atoms with van der Waals surface area (Å²) in [5.41, 5.74) is 5.10. The molecule has 0 atom stereocenters. The van der Waals surface area contributed by atoms with Gasteiger partial charge in [-0.25, -0.2) is 4.68 Å². The van der Waals surface area contributed by atoms with Gasteiger partial charge in [-0.2, -0.15) is 0 Å². The fraction of sp³-hybridized carbons (Fsp3) is 0.222.